The van der Waals surface area contributed by atoms with E-state index in [1.165, 1.54) is 11.3 Å². The van der Waals surface area contributed by atoms with Gasteiger partial charge in [-0.3, -0.25) is 9.88 Å². The molecule has 0 aromatic carbocycles. The zero-order chi connectivity index (χ0) is 18.6. The van der Waals surface area contributed by atoms with Gasteiger partial charge in [0.15, 0.2) is 0 Å². The molecule has 1 N–H and O–H groups in total. The van der Waals surface area contributed by atoms with Crippen molar-refractivity contribution in [2.24, 2.45) is 0 Å². The van der Waals surface area contributed by atoms with E-state index in [1.54, 1.807) is 12.5 Å². The third kappa shape index (κ3) is 3.79. The van der Waals surface area contributed by atoms with Gasteiger partial charge in [0.25, 0.3) is 0 Å². The summed E-state index contributed by atoms with van der Waals surface area (Å²) < 4.78 is 7.66. The first kappa shape index (κ1) is 17.9. The zero-order valence-corrected chi connectivity index (χ0v) is 16.0. The molecule has 0 bridgehead atoms. The number of hydrogen-bond acceptors (Lipinski definition) is 6. The van der Waals surface area contributed by atoms with Gasteiger partial charge in [0.2, 0.25) is 0 Å². The van der Waals surface area contributed by atoms with E-state index in [1.807, 2.05) is 12.3 Å². The summed E-state index contributed by atoms with van der Waals surface area (Å²) in [6.07, 6.45) is 5.36. The number of fused-ring (bicyclic) bond motifs is 1. The van der Waals surface area contributed by atoms with Crippen molar-refractivity contribution in [3.05, 3.63) is 47.7 Å². The second kappa shape index (κ2) is 8.02. The summed E-state index contributed by atoms with van der Waals surface area (Å²) in [6, 6.07) is 4.06. The minimum absolute atomic E-state index is 0.758. The maximum absolute atomic E-state index is 5.41. The fourth-order valence-electron chi connectivity index (χ4n) is 3.63. The summed E-state index contributed by atoms with van der Waals surface area (Å²) in [5.41, 5.74) is 4.57. The van der Waals surface area contributed by atoms with Crippen LogP contribution in [0.3, 0.4) is 0 Å². The number of nitrogens with one attached hydrogen (secondary N) is 1. The highest BCUT2D eigenvalue weighted by Gasteiger charge is 2.17. The minimum atomic E-state index is 0.758. The summed E-state index contributed by atoms with van der Waals surface area (Å²) in [6.45, 7) is 10.6. The molecule has 142 valence electrons. The molecule has 7 heteroatoms. The lowest BCUT2D eigenvalue weighted by Gasteiger charge is -2.26. The normalized spacial score (nSPS) is 15.3. The van der Waals surface area contributed by atoms with E-state index in [9.17, 15) is 0 Å². The molecule has 0 radical (unpaired) electrons. The molecule has 4 rings (SSSR count). The molecule has 0 unspecified atom stereocenters. The molecule has 0 atom stereocenters. The summed E-state index contributed by atoms with van der Waals surface area (Å²) in [5, 5.41) is 4.63. The van der Waals surface area contributed by atoms with Crippen LogP contribution >= 0.6 is 0 Å². The van der Waals surface area contributed by atoms with Crippen LogP contribution in [0.4, 0.5) is 5.82 Å². The Labute approximate surface area is 159 Å². The SMILES string of the molecule is Cc1c(C)n(Cc2cccnc2)c2ncnc(NCCN3CCOCC3)c12. The van der Waals surface area contributed by atoms with Crippen molar-refractivity contribution in [1.82, 2.24) is 24.4 Å². The lowest BCUT2D eigenvalue weighted by molar-refractivity contribution is 0.0398. The quantitative estimate of drug-likeness (QED) is 0.722. The molecular formula is C20H26N6O. The number of hydrogen-bond donors (Lipinski definition) is 1. The van der Waals surface area contributed by atoms with Crippen LogP contribution < -0.4 is 5.32 Å². The van der Waals surface area contributed by atoms with Gasteiger partial charge >= 0.3 is 0 Å². The van der Waals surface area contributed by atoms with Crippen molar-refractivity contribution < 1.29 is 4.74 Å². The van der Waals surface area contributed by atoms with Crippen molar-refractivity contribution in [2.75, 3.05) is 44.7 Å². The van der Waals surface area contributed by atoms with E-state index in [-0.39, 0.29) is 0 Å². The number of nitrogens with zero attached hydrogens (tertiary/aromatic N) is 5. The van der Waals surface area contributed by atoms with Crippen LogP contribution in [0.15, 0.2) is 30.9 Å². The van der Waals surface area contributed by atoms with Gasteiger partial charge in [0, 0.05) is 44.3 Å². The number of anilines is 1. The van der Waals surface area contributed by atoms with Crippen LogP contribution in [0.25, 0.3) is 11.0 Å². The van der Waals surface area contributed by atoms with Crippen LogP contribution in [0.1, 0.15) is 16.8 Å². The standard InChI is InChI=1S/C20H26N6O/c1-15-16(2)26(13-17-4-3-5-21-12-17)20-18(15)19(23-14-24-20)22-6-7-25-8-10-27-11-9-25/h3-5,12,14H,6-11,13H2,1-2H3,(H,22,23,24). The lowest BCUT2D eigenvalue weighted by Crippen LogP contribution is -2.39. The Morgan fingerprint density at radius 1 is 1.19 bits per heavy atom. The van der Waals surface area contributed by atoms with Gasteiger partial charge in [-0.1, -0.05) is 6.07 Å². The number of aromatic nitrogens is 4. The predicted molar refractivity (Wildman–Crippen MR) is 106 cm³/mol. The van der Waals surface area contributed by atoms with E-state index < -0.39 is 0 Å². The fourth-order valence-corrected chi connectivity index (χ4v) is 3.63. The summed E-state index contributed by atoms with van der Waals surface area (Å²) in [4.78, 5) is 15.7. The first-order valence-corrected chi connectivity index (χ1v) is 9.47. The van der Waals surface area contributed by atoms with Gasteiger partial charge in [-0.2, -0.15) is 0 Å². The Morgan fingerprint density at radius 2 is 2.04 bits per heavy atom. The molecule has 0 aliphatic carbocycles. The number of aryl methyl sites for hydroxylation is 1. The predicted octanol–water partition coefficient (Wildman–Crippen LogP) is 2.24. The van der Waals surface area contributed by atoms with Crippen molar-refractivity contribution in [2.45, 2.75) is 20.4 Å². The zero-order valence-electron chi connectivity index (χ0n) is 16.0. The third-order valence-electron chi connectivity index (χ3n) is 5.29. The van der Waals surface area contributed by atoms with E-state index >= 15 is 0 Å². The van der Waals surface area contributed by atoms with Crippen LogP contribution in [0.2, 0.25) is 0 Å². The highest BCUT2D eigenvalue weighted by Crippen LogP contribution is 2.29. The highest BCUT2D eigenvalue weighted by atomic mass is 16.5. The first-order chi connectivity index (χ1) is 13.2. The minimum Gasteiger partial charge on any atom is -0.379 e. The average molecular weight is 366 g/mol. The Kier molecular flexibility index (Phi) is 5.31. The summed E-state index contributed by atoms with van der Waals surface area (Å²) in [5.74, 6) is 0.916. The Balaban J connectivity index is 1.56. The number of ether oxygens (including phenoxy) is 1. The molecule has 0 spiro atoms. The third-order valence-corrected chi connectivity index (χ3v) is 5.29. The Hall–Kier alpha value is -2.51. The smallest absolute Gasteiger partial charge is 0.146 e. The number of pyridine rings is 1. The molecule has 1 fully saturated rings. The first-order valence-electron chi connectivity index (χ1n) is 9.47. The highest BCUT2D eigenvalue weighted by molar-refractivity contribution is 5.91. The fraction of sp³-hybridized carbons (Fsp3) is 0.450. The van der Waals surface area contributed by atoms with Gasteiger partial charge in [0.05, 0.1) is 25.1 Å². The summed E-state index contributed by atoms with van der Waals surface area (Å²) in [7, 11) is 0. The number of rotatable bonds is 6. The van der Waals surface area contributed by atoms with E-state index in [0.717, 1.165) is 68.4 Å². The van der Waals surface area contributed by atoms with Crippen LogP contribution in [0.5, 0.6) is 0 Å². The van der Waals surface area contributed by atoms with E-state index in [2.05, 4.69) is 49.6 Å². The van der Waals surface area contributed by atoms with Crippen molar-refractivity contribution >= 4 is 16.9 Å². The van der Waals surface area contributed by atoms with Crippen LogP contribution in [-0.2, 0) is 11.3 Å². The molecular weight excluding hydrogens is 340 g/mol. The molecule has 4 heterocycles. The Bertz CT molecular complexity index is 902. The van der Waals surface area contributed by atoms with Gasteiger partial charge in [-0.25, -0.2) is 9.97 Å². The molecule has 27 heavy (non-hydrogen) atoms. The molecule has 1 aliphatic rings. The largest absolute Gasteiger partial charge is 0.379 e. The average Bonchev–Trinajstić information content (AvgIpc) is 2.95. The van der Waals surface area contributed by atoms with Crippen molar-refractivity contribution in [3.63, 3.8) is 0 Å². The van der Waals surface area contributed by atoms with Gasteiger partial charge in [-0.15, -0.1) is 0 Å². The van der Waals surface area contributed by atoms with Crippen molar-refractivity contribution in [1.29, 1.82) is 0 Å². The molecule has 0 amide bonds. The van der Waals surface area contributed by atoms with Crippen LogP contribution in [0, 0.1) is 13.8 Å². The second-order valence-corrected chi connectivity index (χ2v) is 6.96. The van der Waals surface area contributed by atoms with E-state index in [4.69, 9.17) is 4.74 Å². The summed E-state index contributed by atoms with van der Waals surface area (Å²) >= 11 is 0. The molecule has 7 nitrogen and oxygen atoms in total. The molecule has 3 aromatic heterocycles. The lowest BCUT2D eigenvalue weighted by atomic mass is 10.2. The van der Waals surface area contributed by atoms with Crippen molar-refractivity contribution in [3.8, 4) is 0 Å². The molecule has 1 aliphatic heterocycles. The molecule has 0 saturated carbocycles. The van der Waals surface area contributed by atoms with E-state index in [0.29, 0.717) is 0 Å². The van der Waals surface area contributed by atoms with Gasteiger partial charge in [-0.05, 0) is 31.0 Å². The number of morpholine rings is 1. The molecule has 3 aromatic rings. The topological polar surface area (TPSA) is 68.1 Å². The monoisotopic (exact) mass is 366 g/mol. The van der Waals surface area contributed by atoms with Gasteiger partial charge in [0.1, 0.15) is 17.8 Å². The van der Waals surface area contributed by atoms with Crippen LogP contribution in [-0.4, -0.2) is 63.8 Å². The second-order valence-electron chi connectivity index (χ2n) is 6.96. The Morgan fingerprint density at radius 3 is 2.81 bits per heavy atom. The maximum atomic E-state index is 5.41. The maximum Gasteiger partial charge on any atom is 0.146 e. The van der Waals surface area contributed by atoms with Gasteiger partial charge < -0.3 is 14.6 Å². The molecule has 1 saturated heterocycles.